The molecule has 3 nitrogen and oxygen atoms in total. The lowest BCUT2D eigenvalue weighted by Crippen LogP contribution is -2.19. The molecule has 0 bridgehead atoms. The molecule has 0 atom stereocenters. The summed E-state index contributed by atoms with van der Waals surface area (Å²) < 4.78 is 2.29. The van der Waals surface area contributed by atoms with E-state index < -0.39 is 0 Å². The van der Waals surface area contributed by atoms with Gasteiger partial charge in [0.15, 0.2) is 0 Å². The summed E-state index contributed by atoms with van der Waals surface area (Å²) in [6, 6.07) is 8.73. The van der Waals surface area contributed by atoms with Gasteiger partial charge in [-0.05, 0) is 43.0 Å². The van der Waals surface area contributed by atoms with Crippen LogP contribution in [0.3, 0.4) is 0 Å². The highest BCUT2D eigenvalue weighted by Crippen LogP contribution is 2.21. The zero-order valence-electron chi connectivity index (χ0n) is 12.6. The molecule has 0 radical (unpaired) electrons. The van der Waals surface area contributed by atoms with Gasteiger partial charge < -0.3 is 15.0 Å². The van der Waals surface area contributed by atoms with Crippen LogP contribution in [-0.2, 0) is 13.1 Å². The summed E-state index contributed by atoms with van der Waals surface area (Å²) in [5.74, 6) is 0.678. The van der Waals surface area contributed by atoms with Gasteiger partial charge >= 0.3 is 0 Å². The highest BCUT2D eigenvalue weighted by molar-refractivity contribution is 5.83. The summed E-state index contributed by atoms with van der Waals surface area (Å²) in [6.07, 6.45) is 4.05. The SMILES string of the molecule is CC(C)CNCc1cccc2c1ccn2CCCCO. The van der Waals surface area contributed by atoms with E-state index in [0.29, 0.717) is 5.92 Å². The molecule has 2 N–H and O–H groups in total. The maximum Gasteiger partial charge on any atom is 0.0483 e. The Morgan fingerprint density at radius 2 is 2.05 bits per heavy atom. The fraction of sp³-hybridized carbons (Fsp3) is 0.529. The van der Waals surface area contributed by atoms with Crippen LogP contribution in [0, 0.1) is 5.92 Å². The number of aryl methyl sites for hydroxylation is 1. The van der Waals surface area contributed by atoms with Crippen LogP contribution >= 0.6 is 0 Å². The van der Waals surface area contributed by atoms with E-state index in [0.717, 1.165) is 32.5 Å². The van der Waals surface area contributed by atoms with Gasteiger partial charge in [0.1, 0.15) is 0 Å². The Morgan fingerprint density at radius 1 is 1.20 bits per heavy atom. The van der Waals surface area contributed by atoms with Crippen molar-refractivity contribution in [3.05, 3.63) is 36.0 Å². The maximum absolute atomic E-state index is 8.88. The van der Waals surface area contributed by atoms with E-state index in [-0.39, 0.29) is 6.61 Å². The summed E-state index contributed by atoms with van der Waals surface area (Å²) >= 11 is 0. The molecule has 0 saturated heterocycles. The minimum absolute atomic E-state index is 0.281. The predicted octanol–water partition coefficient (Wildman–Crippen LogP) is 3.16. The number of fused-ring (bicyclic) bond motifs is 1. The smallest absolute Gasteiger partial charge is 0.0483 e. The number of benzene rings is 1. The van der Waals surface area contributed by atoms with E-state index in [2.05, 4.69) is 54.2 Å². The van der Waals surface area contributed by atoms with Gasteiger partial charge in [0.25, 0.3) is 0 Å². The fourth-order valence-corrected chi connectivity index (χ4v) is 2.53. The number of nitrogens with zero attached hydrogens (tertiary/aromatic N) is 1. The van der Waals surface area contributed by atoms with Gasteiger partial charge in [0, 0.05) is 36.8 Å². The molecule has 0 saturated carbocycles. The molecule has 0 unspecified atom stereocenters. The lowest BCUT2D eigenvalue weighted by Gasteiger charge is -2.09. The molecule has 0 spiro atoms. The minimum Gasteiger partial charge on any atom is -0.396 e. The van der Waals surface area contributed by atoms with Gasteiger partial charge in [-0.15, -0.1) is 0 Å². The van der Waals surface area contributed by atoms with Crippen molar-refractivity contribution < 1.29 is 5.11 Å². The lowest BCUT2D eigenvalue weighted by atomic mass is 10.1. The number of aliphatic hydroxyl groups is 1. The van der Waals surface area contributed by atoms with Crippen molar-refractivity contribution in [1.29, 1.82) is 0 Å². The van der Waals surface area contributed by atoms with Gasteiger partial charge in [-0.25, -0.2) is 0 Å². The summed E-state index contributed by atoms with van der Waals surface area (Å²) in [7, 11) is 0. The fourth-order valence-electron chi connectivity index (χ4n) is 2.53. The standard InChI is InChI=1S/C17H26N2O/c1-14(2)12-18-13-15-6-5-7-17-16(15)8-10-19(17)9-3-4-11-20/h5-8,10,14,18,20H,3-4,9,11-13H2,1-2H3. The molecule has 20 heavy (non-hydrogen) atoms. The van der Waals surface area contributed by atoms with E-state index in [4.69, 9.17) is 5.11 Å². The van der Waals surface area contributed by atoms with E-state index in [9.17, 15) is 0 Å². The van der Waals surface area contributed by atoms with Gasteiger partial charge in [-0.3, -0.25) is 0 Å². The first-order valence-electron chi connectivity index (χ1n) is 7.60. The van der Waals surface area contributed by atoms with E-state index >= 15 is 0 Å². The van der Waals surface area contributed by atoms with Crippen LogP contribution in [0.5, 0.6) is 0 Å². The van der Waals surface area contributed by atoms with Crippen LogP contribution in [0.1, 0.15) is 32.3 Å². The topological polar surface area (TPSA) is 37.2 Å². The number of nitrogens with one attached hydrogen (secondary N) is 1. The van der Waals surface area contributed by atoms with Crippen LogP contribution in [0.4, 0.5) is 0 Å². The van der Waals surface area contributed by atoms with Crippen LogP contribution < -0.4 is 5.32 Å². The van der Waals surface area contributed by atoms with Gasteiger partial charge in [0.2, 0.25) is 0 Å². The molecule has 0 aliphatic rings. The molecule has 0 aliphatic carbocycles. The summed E-state index contributed by atoms with van der Waals surface area (Å²) in [6.45, 7) is 7.69. The lowest BCUT2D eigenvalue weighted by molar-refractivity contribution is 0.281. The predicted molar refractivity (Wildman–Crippen MR) is 84.8 cm³/mol. The van der Waals surface area contributed by atoms with Crippen LogP contribution in [0.2, 0.25) is 0 Å². The molecule has 0 fully saturated rings. The normalized spacial score (nSPS) is 11.6. The number of hydrogen-bond acceptors (Lipinski definition) is 2. The quantitative estimate of drug-likeness (QED) is 0.726. The largest absolute Gasteiger partial charge is 0.396 e. The summed E-state index contributed by atoms with van der Waals surface area (Å²) in [5, 5.41) is 13.7. The molecule has 1 heterocycles. The monoisotopic (exact) mass is 274 g/mol. The molecular weight excluding hydrogens is 248 g/mol. The molecule has 2 aromatic rings. The number of unbranched alkanes of at least 4 members (excludes halogenated alkanes) is 1. The Balaban J connectivity index is 2.08. The average Bonchev–Trinajstić information content (AvgIpc) is 2.83. The Bertz CT molecular complexity index is 531. The molecule has 1 aromatic heterocycles. The third-order valence-corrected chi connectivity index (χ3v) is 3.58. The highest BCUT2D eigenvalue weighted by atomic mass is 16.2. The van der Waals surface area contributed by atoms with Crippen LogP contribution in [-0.4, -0.2) is 22.8 Å². The third-order valence-electron chi connectivity index (χ3n) is 3.58. The van der Waals surface area contributed by atoms with Crippen molar-refractivity contribution >= 4 is 10.9 Å². The average molecular weight is 274 g/mol. The first-order chi connectivity index (χ1) is 9.72. The molecular formula is C17H26N2O. The molecule has 0 aliphatic heterocycles. The zero-order valence-corrected chi connectivity index (χ0v) is 12.6. The first-order valence-corrected chi connectivity index (χ1v) is 7.60. The summed E-state index contributed by atoms with van der Waals surface area (Å²) in [5.41, 5.74) is 2.66. The minimum atomic E-state index is 0.281. The van der Waals surface area contributed by atoms with Crippen LogP contribution in [0.15, 0.2) is 30.5 Å². The van der Waals surface area contributed by atoms with Gasteiger partial charge in [0.05, 0.1) is 0 Å². The Morgan fingerprint density at radius 3 is 2.80 bits per heavy atom. The van der Waals surface area contributed by atoms with Crippen molar-refractivity contribution in [2.45, 2.75) is 39.8 Å². The summed E-state index contributed by atoms with van der Waals surface area (Å²) in [4.78, 5) is 0. The zero-order chi connectivity index (χ0) is 14.4. The number of rotatable bonds is 8. The Kier molecular flexibility index (Phi) is 5.62. The van der Waals surface area contributed by atoms with E-state index in [1.54, 1.807) is 0 Å². The van der Waals surface area contributed by atoms with E-state index in [1.165, 1.54) is 16.5 Å². The van der Waals surface area contributed by atoms with Gasteiger partial charge in [-0.2, -0.15) is 0 Å². The second-order valence-corrected chi connectivity index (χ2v) is 5.81. The molecule has 110 valence electrons. The van der Waals surface area contributed by atoms with Crippen molar-refractivity contribution in [1.82, 2.24) is 9.88 Å². The van der Waals surface area contributed by atoms with E-state index in [1.807, 2.05) is 0 Å². The van der Waals surface area contributed by atoms with Gasteiger partial charge in [-0.1, -0.05) is 26.0 Å². The van der Waals surface area contributed by atoms with Crippen LogP contribution in [0.25, 0.3) is 10.9 Å². The van der Waals surface area contributed by atoms with Crippen molar-refractivity contribution in [2.75, 3.05) is 13.2 Å². The Labute approximate surface area is 121 Å². The number of aromatic nitrogens is 1. The second kappa shape index (κ2) is 7.46. The number of aliphatic hydroxyl groups excluding tert-OH is 1. The molecule has 2 rings (SSSR count). The molecule has 3 heteroatoms. The van der Waals surface area contributed by atoms with Crippen molar-refractivity contribution in [3.63, 3.8) is 0 Å². The second-order valence-electron chi connectivity index (χ2n) is 5.81. The Hall–Kier alpha value is -1.32. The highest BCUT2D eigenvalue weighted by Gasteiger charge is 2.05. The van der Waals surface area contributed by atoms with Crippen molar-refractivity contribution in [2.24, 2.45) is 5.92 Å². The maximum atomic E-state index is 8.88. The third kappa shape index (κ3) is 3.84. The molecule has 0 amide bonds. The number of hydrogen-bond donors (Lipinski definition) is 2. The first kappa shape index (κ1) is 15.1. The molecule has 1 aromatic carbocycles. The van der Waals surface area contributed by atoms with Crippen molar-refractivity contribution in [3.8, 4) is 0 Å².